The molecule has 162 valence electrons. The molecule has 1 aromatic carbocycles. The number of nitrogens with one attached hydrogen (secondary N) is 2. The predicted molar refractivity (Wildman–Crippen MR) is 118 cm³/mol. The normalized spacial score (nSPS) is 17.1. The zero-order chi connectivity index (χ0) is 21.6. The van der Waals surface area contributed by atoms with Crippen molar-refractivity contribution in [1.82, 2.24) is 25.3 Å². The standard InChI is InChI=1S/C22H32N6O2/c1-5-23-20(27-13-10-18(16-27)26-21(29)30-22(2,3)4)24-15-17-8-6-9-19(14-17)28-12-7-11-25-28/h6-9,11-12,14,18H,5,10,13,15-16H2,1-4H3,(H,23,24)(H,26,29). The van der Waals surface area contributed by atoms with Crippen molar-refractivity contribution in [3.8, 4) is 5.69 Å². The highest BCUT2D eigenvalue weighted by Crippen LogP contribution is 2.14. The highest BCUT2D eigenvalue weighted by atomic mass is 16.6. The Morgan fingerprint density at radius 3 is 2.87 bits per heavy atom. The van der Waals surface area contributed by atoms with Crippen molar-refractivity contribution < 1.29 is 9.53 Å². The maximum Gasteiger partial charge on any atom is 0.407 e. The van der Waals surface area contributed by atoms with Crippen LogP contribution in [-0.2, 0) is 11.3 Å². The number of alkyl carbamates (subject to hydrolysis) is 1. The highest BCUT2D eigenvalue weighted by Gasteiger charge is 2.27. The van der Waals surface area contributed by atoms with Gasteiger partial charge < -0.3 is 20.3 Å². The number of aromatic nitrogens is 2. The number of amides is 1. The Kier molecular flexibility index (Phi) is 6.97. The second kappa shape index (κ2) is 9.65. The summed E-state index contributed by atoms with van der Waals surface area (Å²) < 4.78 is 7.21. The minimum atomic E-state index is -0.497. The Labute approximate surface area is 178 Å². The lowest BCUT2D eigenvalue weighted by atomic mass is 10.2. The summed E-state index contributed by atoms with van der Waals surface area (Å²) in [6.07, 6.45) is 4.18. The number of benzene rings is 1. The molecule has 1 fully saturated rings. The molecule has 1 amide bonds. The van der Waals surface area contributed by atoms with Crippen molar-refractivity contribution in [1.29, 1.82) is 0 Å². The third kappa shape index (κ3) is 6.23. The smallest absolute Gasteiger partial charge is 0.407 e. The molecule has 30 heavy (non-hydrogen) atoms. The first-order valence-corrected chi connectivity index (χ1v) is 10.5. The minimum Gasteiger partial charge on any atom is -0.444 e. The molecule has 1 aliphatic heterocycles. The second-order valence-corrected chi connectivity index (χ2v) is 8.37. The van der Waals surface area contributed by atoms with Crippen molar-refractivity contribution in [2.45, 2.75) is 52.3 Å². The fourth-order valence-corrected chi connectivity index (χ4v) is 3.36. The minimum absolute atomic E-state index is 0.0480. The predicted octanol–water partition coefficient (Wildman–Crippen LogP) is 2.94. The van der Waals surface area contributed by atoms with Gasteiger partial charge in [-0.05, 0) is 57.9 Å². The van der Waals surface area contributed by atoms with E-state index in [1.54, 1.807) is 6.20 Å². The largest absolute Gasteiger partial charge is 0.444 e. The number of hydrogen-bond donors (Lipinski definition) is 2. The number of ether oxygens (including phenoxy) is 1. The molecular formula is C22H32N6O2. The number of guanidine groups is 1. The lowest BCUT2D eigenvalue weighted by Crippen LogP contribution is -2.44. The summed E-state index contributed by atoms with van der Waals surface area (Å²) in [5.41, 5.74) is 1.63. The Hall–Kier alpha value is -3.03. The van der Waals surface area contributed by atoms with E-state index < -0.39 is 5.60 Å². The van der Waals surface area contributed by atoms with Gasteiger partial charge in [0.05, 0.1) is 18.3 Å². The number of nitrogens with zero attached hydrogens (tertiary/aromatic N) is 4. The van der Waals surface area contributed by atoms with E-state index in [-0.39, 0.29) is 12.1 Å². The SMILES string of the molecule is CCNC(=NCc1cccc(-n2cccn2)c1)N1CCC(NC(=O)OC(C)(C)C)C1. The lowest BCUT2D eigenvalue weighted by Gasteiger charge is -2.23. The molecule has 3 rings (SSSR count). The van der Waals surface area contributed by atoms with Crippen LogP contribution in [0.15, 0.2) is 47.7 Å². The van der Waals surface area contributed by atoms with Gasteiger partial charge in [0.25, 0.3) is 0 Å². The summed E-state index contributed by atoms with van der Waals surface area (Å²) in [5.74, 6) is 0.857. The van der Waals surface area contributed by atoms with Crippen LogP contribution in [0.5, 0.6) is 0 Å². The highest BCUT2D eigenvalue weighted by molar-refractivity contribution is 5.80. The van der Waals surface area contributed by atoms with Crippen molar-refractivity contribution in [3.63, 3.8) is 0 Å². The van der Waals surface area contributed by atoms with Crippen molar-refractivity contribution in [2.75, 3.05) is 19.6 Å². The van der Waals surface area contributed by atoms with E-state index in [0.717, 1.165) is 36.7 Å². The molecule has 0 bridgehead atoms. The number of rotatable bonds is 5. The van der Waals surface area contributed by atoms with E-state index in [1.807, 2.05) is 49.8 Å². The van der Waals surface area contributed by atoms with E-state index in [9.17, 15) is 4.79 Å². The quantitative estimate of drug-likeness (QED) is 0.583. The summed E-state index contributed by atoms with van der Waals surface area (Å²) in [4.78, 5) is 19.1. The third-order valence-electron chi connectivity index (χ3n) is 4.63. The Morgan fingerprint density at radius 2 is 2.17 bits per heavy atom. The van der Waals surface area contributed by atoms with Gasteiger partial charge in [-0.25, -0.2) is 14.5 Å². The molecule has 0 spiro atoms. The van der Waals surface area contributed by atoms with Gasteiger partial charge in [0.2, 0.25) is 0 Å². The molecule has 2 N–H and O–H groups in total. The molecular weight excluding hydrogens is 380 g/mol. The van der Waals surface area contributed by atoms with Crippen LogP contribution in [0.2, 0.25) is 0 Å². The Morgan fingerprint density at radius 1 is 1.33 bits per heavy atom. The zero-order valence-electron chi connectivity index (χ0n) is 18.3. The molecule has 1 aromatic heterocycles. The summed E-state index contributed by atoms with van der Waals surface area (Å²) >= 11 is 0. The Balaban J connectivity index is 1.61. The average Bonchev–Trinajstić information content (AvgIpc) is 3.36. The average molecular weight is 413 g/mol. The number of hydrogen-bond acceptors (Lipinski definition) is 4. The Bertz CT molecular complexity index is 857. The van der Waals surface area contributed by atoms with Gasteiger partial charge in [-0.15, -0.1) is 0 Å². The maximum absolute atomic E-state index is 12.1. The molecule has 0 saturated carbocycles. The first kappa shape index (κ1) is 21.7. The van der Waals surface area contributed by atoms with Crippen LogP contribution < -0.4 is 10.6 Å². The fourth-order valence-electron chi connectivity index (χ4n) is 3.36. The number of carbonyl (C=O) groups is 1. The molecule has 1 unspecified atom stereocenters. The van der Waals surface area contributed by atoms with Crippen molar-refractivity contribution in [2.24, 2.45) is 4.99 Å². The lowest BCUT2D eigenvalue weighted by molar-refractivity contribution is 0.0507. The van der Waals surface area contributed by atoms with Crippen molar-refractivity contribution in [3.05, 3.63) is 48.3 Å². The molecule has 1 aliphatic rings. The van der Waals surface area contributed by atoms with Gasteiger partial charge in [0.15, 0.2) is 5.96 Å². The number of likely N-dealkylation sites (tertiary alicyclic amines) is 1. The van der Waals surface area contributed by atoms with Crippen LogP contribution >= 0.6 is 0 Å². The van der Waals surface area contributed by atoms with E-state index >= 15 is 0 Å². The molecule has 0 radical (unpaired) electrons. The summed E-state index contributed by atoms with van der Waals surface area (Å²) in [5, 5.41) is 10.6. The molecule has 8 nitrogen and oxygen atoms in total. The van der Waals surface area contributed by atoms with E-state index in [4.69, 9.17) is 9.73 Å². The summed E-state index contributed by atoms with van der Waals surface area (Å²) in [7, 11) is 0. The summed E-state index contributed by atoms with van der Waals surface area (Å²) in [6.45, 7) is 10.5. The van der Waals surface area contributed by atoms with Gasteiger partial charge in [-0.2, -0.15) is 5.10 Å². The molecule has 8 heteroatoms. The van der Waals surface area contributed by atoms with Crippen LogP contribution in [0.3, 0.4) is 0 Å². The third-order valence-corrected chi connectivity index (χ3v) is 4.63. The van der Waals surface area contributed by atoms with Gasteiger partial charge in [0, 0.05) is 32.0 Å². The van der Waals surface area contributed by atoms with Gasteiger partial charge in [-0.3, -0.25) is 0 Å². The van der Waals surface area contributed by atoms with Crippen LogP contribution in [-0.4, -0.2) is 58.0 Å². The zero-order valence-corrected chi connectivity index (χ0v) is 18.3. The van der Waals surface area contributed by atoms with Crippen molar-refractivity contribution >= 4 is 12.1 Å². The molecule has 0 aliphatic carbocycles. The van der Waals surface area contributed by atoms with Gasteiger partial charge in [0.1, 0.15) is 5.60 Å². The fraction of sp³-hybridized carbons (Fsp3) is 0.500. The molecule has 2 aromatic rings. The first-order chi connectivity index (χ1) is 14.3. The van der Waals surface area contributed by atoms with Crippen LogP contribution in [0.4, 0.5) is 4.79 Å². The second-order valence-electron chi connectivity index (χ2n) is 8.37. The topological polar surface area (TPSA) is 83.8 Å². The van der Waals surface area contributed by atoms with Crippen LogP contribution in [0.25, 0.3) is 5.69 Å². The van der Waals surface area contributed by atoms with E-state index in [0.29, 0.717) is 13.1 Å². The molecule has 2 heterocycles. The van der Waals surface area contributed by atoms with Gasteiger partial charge >= 0.3 is 6.09 Å². The van der Waals surface area contributed by atoms with Gasteiger partial charge in [-0.1, -0.05) is 12.1 Å². The van der Waals surface area contributed by atoms with E-state index in [2.05, 4.69) is 39.7 Å². The molecule has 1 atom stereocenters. The molecule has 1 saturated heterocycles. The van der Waals surface area contributed by atoms with Crippen LogP contribution in [0, 0.1) is 0 Å². The van der Waals surface area contributed by atoms with E-state index in [1.165, 1.54) is 0 Å². The first-order valence-electron chi connectivity index (χ1n) is 10.5. The summed E-state index contributed by atoms with van der Waals surface area (Å²) in [6, 6.07) is 10.2. The number of carbonyl (C=O) groups excluding carboxylic acids is 1. The number of aliphatic imine (C=N–C) groups is 1. The monoisotopic (exact) mass is 412 g/mol. The maximum atomic E-state index is 12.1. The van der Waals surface area contributed by atoms with Crippen LogP contribution in [0.1, 0.15) is 39.7 Å².